The minimum absolute atomic E-state index is 0.177. The van der Waals surface area contributed by atoms with Crippen LogP contribution in [0.1, 0.15) is 18.5 Å². The molecule has 0 saturated carbocycles. The molecular formula is C10H13N3O4S. The highest BCUT2D eigenvalue weighted by atomic mass is 32.1. The van der Waals surface area contributed by atoms with Gasteiger partial charge in [0, 0.05) is 17.6 Å². The maximum Gasteiger partial charge on any atom is 0.326 e. The van der Waals surface area contributed by atoms with E-state index in [1.165, 1.54) is 4.90 Å². The van der Waals surface area contributed by atoms with Gasteiger partial charge in [-0.3, -0.25) is 4.79 Å². The van der Waals surface area contributed by atoms with Crippen molar-refractivity contribution in [2.75, 3.05) is 6.54 Å². The highest BCUT2D eigenvalue weighted by Gasteiger charge is 2.33. The third-order valence-electron chi connectivity index (χ3n) is 2.80. The van der Waals surface area contributed by atoms with Gasteiger partial charge in [0.15, 0.2) is 0 Å². The lowest BCUT2D eigenvalue weighted by molar-refractivity contribution is -0.141. The molecule has 0 spiro atoms. The molecule has 0 radical (unpaired) electrons. The molecule has 18 heavy (non-hydrogen) atoms. The average molecular weight is 271 g/mol. The van der Waals surface area contributed by atoms with Crippen molar-refractivity contribution >= 4 is 23.3 Å². The van der Waals surface area contributed by atoms with E-state index in [1.54, 1.807) is 5.38 Å². The van der Waals surface area contributed by atoms with Crippen LogP contribution in [0, 0.1) is 0 Å². The van der Waals surface area contributed by atoms with Crippen molar-refractivity contribution < 1.29 is 14.7 Å². The Kier molecular flexibility index (Phi) is 3.66. The van der Waals surface area contributed by atoms with Gasteiger partial charge in [-0.1, -0.05) is 11.3 Å². The number of aliphatic carboxylic acids is 1. The summed E-state index contributed by atoms with van der Waals surface area (Å²) in [4.78, 5) is 37.3. The number of nitrogens with zero attached hydrogens (tertiary/aromatic N) is 1. The first kappa shape index (κ1) is 12.6. The van der Waals surface area contributed by atoms with Crippen molar-refractivity contribution in [1.82, 2.24) is 15.2 Å². The van der Waals surface area contributed by atoms with Gasteiger partial charge in [0.2, 0.25) is 0 Å². The summed E-state index contributed by atoms with van der Waals surface area (Å²) in [6.45, 7) is 0.642. The van der Waals surface area contributed by atoms with E-state index in [0.717, 1.165) is 11.3 Å². The van der Waals surface area contributed by atoms with Crippen molar-refractivity contribution in [3.63, 3.8) is 0 Å². The molecule has 3 N–H and O–H groups in total. The Labute approximate surface area is 106 Å². The molecule has 1 aliphatic rings. The number of aromatic amines is 1. The number of hydrogen-bond acceptors (Lipinski definition) is 4. The number of aromatic nitrogens is 1. The SMILES string of the molecule is O=C(O)[C@H]1CCCN1C(=O)NCc1csc(=O)[nH]1. The van der Waals surface area contributed by atoms with E-state index >= 15 is 0 Å². The van der Waals surface area contributed by atoms with Gasteiger partial charge in [0.25, 0.3) is 0 Å². The smallest absolute Gasteiger partial charge is 0.326 e. The van der Waals surface area contributed by atoms with Crippen LogP contribution in [0.5, 0.6) is 0 Å². The lowest BCUT2D eigenvalue weighted by Gasteiger charge is -2.21. The summed E-state index contributed by atoms with van der Waals surface area (Å²) in [5, 5.41) is 13.2. The summed E-state index contributed by atoms with van der Waals surface area (Å²) >= 11 is 1.02. The normalized spacial score (nSPS) is 18.9. The summed E-state index contributed by atoms with van der Waals surface area (Å²) in [6.07, 6.45) is 1.18. The zero-order chi connectivity index (χ0) is 13.1. The van der Waals surface area contributed by atoms with Gasteiger partial charge in [0.1, 0.15) is 6.04 Å². The number of thiazole rings is 1. The van der Waals surface area contributed by atoms with Crippen molar-refractivity contribution in [1.29, 1.82) is 0 Å². The van der Waals surface area contributed by atoms with E-state index in [2.05, 4.69) is 10.3 Å². The molecule has 2 heterocycles. The fourth-order valence-electron chi connectivity index (χ4n) is 1.94. The molecule has 2 rings (SSSR count). The van der Waals surface area contributed by atoms with E-state index in [9.17, 15) is 14.4 Å². The van der Waals surface area contributed by atoms with Gasteiger partial charge >= 0.3 is 16.9 Å². The molecule has 98 valence electrons. The minimum atomic E-state index is -0.980. The highest BCUT2D eigenvalue weighted by Crippen LogP contribution is 2.17. The average Bonchev–Trinajstić information content (AvgIpc) is 2.94. The second-order valence-corrected chi connectivity index (χ2v) is 4.86. The molecule has 0 aromatic carbocycles. The first-order valence-electron chi connectivity index (χ1n) is 5.52. The van der Waals surface area contributed by atoms with Crippen LogP contribution in [0.2, 0.25) is 0 Å². The fourth-order valence-corrected chi connectivity index (χ4v) is 2.52. The highest BCUT2D eigenvalue weighted by molar-refractivity contribution is 7.07. The van der Waals surface area contributed by atoms with Crippen LogP contribution in [-0.2, 0) is 11.3 Å². The summed E-state index contributed by atoms with van der Waals surface area (Å²) < 4.78 is 0. The van der Waals surface area contributed by atoms with Crippen LogP contribution in [-0.4, -0.2) is 39.6 Å². The number of amides is 2. The number of carboxylic acid groups (broad SMARTS) is 1. The van der Waals surface area contributed by atoms with Crippen molar-refractivity contribution in [3.8, 4) is 0 Å². The van der Waals surface area contributed by atoms with Gasteiger partial charge in [-0.05, 0) is 12.8 Å². The number of carbonyl (C=O) groups is 2. The van der Waals surface area contributed by atoms with Crippen molar-refractivity contribution in [2.45, 2.75) is 25.4 Å². The van der Waals surface area contributed by atoms with Crippen LogP contribution in [0.3, 0.4) is 0 Å². The minimum Gasteiger partial charge on any atom is -0.480 e. The van der Waals surface area contributed by atoms with Crippen LogP contribution in [0.25, 0.3) is 0 Å². The van der Waals surface area contributed by atoms with E-state index in [1.807, 2.05) is 0 Å². The number of likely N-dealkylation sites (tertiary alicyclic amines) is 1. The second kappa shape index (κ2) is 5.21. The van der Waals surface area contributed by atoms with Crippen molar-refractivity contribution in [3.05, 3.63) is 20.7 Å². The molecule has 1 atom stereocenters. The first-order valence-corrected chi connectivity index (χ1v) is 6.40. The predicted molar refractivity (Wildman–Crippen MR) is 64.5 cm³/mol. The Morgan fingerprint density at radius 3 is 3.00 bits per heavy atom. The molecule has 0 unspecified atom stereocenters. The van der Waals surface area contributed by atoms with E-state index in [4.69, 9.17) is 5.11 Å². The molecular weight excluding hydrogens is 258 g/mol. The zero-order valence-electron chi connectivity index (χ0n) is 9.51. The Hall–Kier alpha value is -1.83. The van der Waals surface area contributed by atoms with Crippen LogP contribution >= 0.6 is 11.3 Å². The van der Waals surface area contributed by atoms with Gasteiger partial charge in [-0.15, -0.1) is 0 Å². The van der Waals surface area contributed by atoms with Crippen LogP contribution in [0.4, 0.5) is 4.79 Å². The largest absolute Gasteiger partial charge is 0.480 e. The third-order valence-corrected chi connectivity index (χ3v) is 3.52. The molecule has 1 aromatic rings. The lowest BCUT2D eigenvalue weighted by atomic mass is 10.2. The summed E-state index contributed by atoms with van der Waals surface area (Å²) in [5.74, 6) is -0.980. The predicted octanol–water partition coefficient (Wildman–Crippen LogP) is 0.195. The summed E-state index contributed by atoms with van der Waals surface area (Å²) in [7, 11) is 0. The molecule has 0 aliphatic carbocycles. The number of urea groups is 1. The quantitative estimate of drug-likeness (QED) is 0.730. The Balaban J connectivity index is 1.91. The van der Waals surface area contributed by atoms with Crippen molar-refractivity contribution in [2.24, 2.45) is 0 Å². The molecule has 1 fully saturated rings. The van der Waals surface area contributed by atoms with Gasteiger partial charge < -0.3 is 20.3 Å². The molecule has 8 heteroatoms. The molecule has 1 saturated heterocycles. The Bertz CT molecular complexity index is 509. The van der Waals surface area contributed by atoms with Gasteiger partial charge in [-0.2, -0.15) is 0 Å². The molecule has 1 aliphatic heterocycles. The lowest BCUT2D eigenvalue weighted by Crippen LogP contribution is -2.45. The van der Waals surface area contributed by atoms with Gasteiger partial charge in [-0.25, -0.2) is 9.59 Å². The topological polar surface area (TPSA) is 102 Å². The van der Waals surface area contributed by atoms with E-state index < -0.39 is 18.0 Å². The second-order valence-electron chi connectivity index (χ2n) is 4.02. The molecule has 7 nitrogen and oxygen atoms in total. The molecule has 0 bridgehead atoms. The number of rotatable bonds is 3. The first-order chi connectivity index (χ1) is 8.58. The number of hydrogen-bond donors (Lipinski definition) is 3. The fraction of sp³-hybridized carbons (Fsp3) is 0.500. The molecule has 1 aromatic heterocycles. The van der Waals surface area contributed by atoms with Crippen LogP contribution in [0.15, 0.2) is 10.2 Å². The monoisotopic (exact) mass is 271 g/mol. The van der Waals surface area contributed by atoms with Gasteiger partial charge in [0.05, 0.1) is 6.54 Å². The maximum atomic E-state index is 11.8. The Morgan fingerprint density at radius 1 is 1.61 bits per heavy atom. The zero-order valence-corrected chi connectivity index (χ0v) is 10.3. The number of nitrogens with one attached hydrogen (secondary N) is 2. The summed E-state index contributed by atoms with van der Waals surface area (Å²) in [6, 6.07) is -1.15. The standard InChI is InChI=1S/C10H13N3O4S/c14-8(15)7-2-1-3-13(7)9(16)11-4-6-5-18-10(17)12-6/h5,7H,1-4H2,(H,11,16)(H,12,17)(H,14,15)/t7-/m1/s1. The Morgan fingerprint density at radius 2 is 2.39 bits per heavy atom. The third kappa shape index (κ3) is 2.70. The molecule has 2 amide bonds. The van der Waals surface area contributed by atoms with E-state index in [-0.39, 0.29) is 11.4 Å². The number of carbonyl (C=O) groups excluding carboxylic acids is 1. The van der Waals surface area contributed by atoms with E-state index in [0.29, 0.717) is 25.1 Å². The number of carboxylic acids is 1. The number of H-pyrrole nitrogens is 1. The van der Waals surface area contributed by atoms with Crippen LogP contribution < -0.4 is 10.2 Å². The summed E-state index contributed by atoms with van der Waals surface area (Å²) in [5.41, 5.74) is 0.615. The maximum absolute atomic E-state index is 11.8.